The number of rotatable bonds is 7. The molecule has 0 aromatic heterocycles. The van der Waals surface area contributed by atoms with Crippen molar-refractivity contribution in [1.29, 1.82) is 0 Å². The van der Waals surface area contributed by atoms with E-state index < -0.39 is 0 Å². The van der Waals surface area contributed by atoms with Crippen LogP contribution in [-0.2, 0) is 0 Å². The standard InChI is InChI=1S/C16H24N2O/c1-12(2)13-4-6-14(7-5-13)16(19)18-11-3-10-17-15-8-9-15/h4-7,12,15,17H,3,8-11H2,1-2H3,(H,18,19). The van der Waals surface area contributed by atoms with Crippen molar-refractivity contribution in [2.24, 2.45) is 0 Å². The molecule has 1 aromatic carbocycles. The predicted molar refractivity (Wildman–Crippen MR) is 78.5 cm³/mol. The summed E-state index contributed by atoms with van der Waals surface area (Å²) in [6.07, 6.45) is 3.62. The molecule has 1 aliphatic rings. The van der Waals surface area contributed by atoms with Crippen molar-refractivity contribution >= 4 is 5.91 Å². The monoisotopic (exact) mass is 260 g/mol. The van der Waals surface area contributed by atoms with Crippen LogP contribution in [0.25, 0.3) is 0 Å². The first-order valence-electron chi connectivity index (χ1n) is 7.28. The second-order valence-corrected chi connectivity index (χ2v) is 5.61. The minimum absolute atomic E-state index is 0.0294. The molecule has 0 radical (unpaired) electrons. The molecule has 0 atom stereocenters. The van der Waals surface area contributed by atoms with Crippen LogP contribution >= 0.6 is 0 Å². The number of carbonyl (C=O) groups excluding carboxylic acids is 1. The van der Waals surface area contributed by atoms with E-state index in [0.717, 1.165) is 31.1 Å². The molecule has 1 aromatic rings. The largest absolute Gasteiger partial charge is 0.352 e. The minimum Gasteiger partial charge on any atom is -0.352 e. The number of hydrogen-bond acceptors (Lipinski definition) is 2. The van der Waals surface area contributed by atoms with Gasteiger partial charge in [0, 0.05) is 18.2 Å². The third-order valence-corrected chi connectivity index (χ3v) is 3.49. The van der Waals surface area contributed by atoms with Crippen molar-refractivity contribution in [3.05, 3.63) is 35.4 Å². The lowest BCUT2D eigenvalue weighted by atomic mass is 10.0. The number of benzene rings is 1. The van der Waals surface area contributed by atoms with Crippen LogP contribution in [0.15, 0.2) is 24.3 Å². The van der Waals surface area contributed by atoms with Gasteiger partial charge in [-0.3, -0.25) is 4.79 Å². The normalized spacial score (nSPS) is 14.7. The summed E-state index contributed by atoms with van der Waals surface area (Å²) in [4.78, 5) is 11.9. The van der Waals surface area contributed by atoms with Crippen LogP contribution in [-0.4, -0.2) is 25.0 Å². The molecule has 3 nitrogen and oxygen atoms in total. The molecule has 0 unspecified atom stereocenters. The van der Waals surface area contributed by atoms with Gasteiger partial charge in [-0.25, -0.2) is 0 Å². The fraction of sp³-hybridized carbons (Fsp3) is 0.562. The van der Waals surface area contributed by atoms with Crippen molar-refractivity contribution in [2.45, 2.75) is 45.1 Å². The van der Waals surface area contributed by atoms with Gasteiger partial charge in [-0.15, -0.1) is 0 Å². The van der Waals surface area contributed by atoms with Gasteiger partial charge in [-0.2, -0.15) is 0 Å². The van der Waals surface area contributed by atoms with Gasteiger partial charge in [-0.1, -0.05) is 26.0 Å². The van der Waals surface area contributed by atoms with Crippen molar-refractivity contribution in [1.82, 2.24) is 10.6 Å². The van der Waals surface area contributed by atoms with E-state index in [9.17, 15) is 4.79 Å². The van der Waals surface area contributed by atoms with Gasteiger partial charge in [0.2, 0.25) is 0 Å². The Hall–Kier alpha value is -1.35. The molecule has 3 heteroatoms. The topological polar surface area (TPSA) is 41.1 Å². The molecular formula is C16H24N2O. The van der Waals surface area contributed by atoms with E-state index in [-0.39, 0.29) is 5.91 Å². The van der Waals surface area contributed by atoms with Gasteiger partial charge in [-0.05, 0) is 49.4 Å². The Labute approximate surface area is 115 Å². The van der Waals surface area contributed by atoms with Crippen LogP contribution in [0.2, 0.25) is 0 Å². The van der Waals surface area contributed by atoms with Crippen molar-refractivity contribution in [3.8, 4) is 0 Å². The minimum atomic E-state index is 0.0294. The zero-order valence-electron chi connectivity index (χ0n) is 11.9. The molecule has 2 N–H and O–H groups in total. The number of nitrogens with one attached hydrogen (secondary N) is 2. The molecule has 0 spiro atoms. The lowest BCUT2D eigenvalue weighted by Crippen LogP contribution is -2.27. The summed E-state index contributed by atoms with van der Waals surface area (Å²) in [5.74, 6) is 0.535. The van der Waals surface area contributed by atoms with Gasteiger partial charge in [0.25, 0.3) is 5.91 Å². The Bertz CT molecular complexity index is 407. The van der Waals surface area contributed by atoms with Crippen LogP contribution < -0.4 is 10.6 Å². The molecule has 2 rings (SSSR count). The maximum atomic E-state index is 11.9. The molecule has 19 heavy (non-hydrogen) atoms. The Morgan fingerprint density at radius 2 is 1.89 bits per heavy atom. The molecule has 0 heterocycles. The predicted octanol–water partition coefficient (Wildman–Crippen LogP) is 2.68. The van der Waals surface area contributed by atoms with Gasteiger partial charge in [0.1, 0.15) is 0 Å². The van der Waals surface area contributed by atoms with Crippen molar-refractivity contribution in [3.63, 3.8) is 0 Å². The fourth-order valence-corrected chi connectivity index (χ4v) is 2.01. The third kappa shape index (κ3) is 4.67. The van der Waals surface area contributed by atoms with E-state index in [1.807, 2.05) is 24.3 Å². The van der Waals surface area contributed by atoms with Crippen LogP contribution in [0, 0.1) is 0 Å². The zero-order valence-corrected chi connectivity index (χ0v) is 11.9. The smallest absolute Gasteiger partial charge is 0.251 e. The zero-order chi connectivity index (χ0) is 13.7. The Morgan fingerprint density at radius 1 is 1.21 bits per heavy atom. The molecular weight excluding hydrogens is 236 g/mol. The molecule has 0 aliphatic heterocycles. The first kappa shape index (κ1) is 14.1. The highest BCUT2D eigenvalue weighted by Crippen LogP contribution is 2.18. The summed E-state index contributed by atoms with van der Waals surface area (Å²) in [5.41, 5.74) is 2.02. The summed E-state index contributed by atoms with van der Waals surface area (Å²) in [7, 11) is 0. The molecule has 1 amide bonds. The van der Waals surface area contributed by atoms with E-state index in [1.54, 1.807) is 0 Å². The van der Waals surface area contributed by atoms with Crippen molar-refractivity contribution < 1.29 is 4.79 Å². The third-order valence-electron chi connectivity index (χ3n) is 3.49. The van der Waals surface area contributed by atoms with E-state index in [0.29, 0.717) is 5.92 Å². The van der Waals surface area contributed by atoms with E-state index in [2.05, 4.69) is 24.5 Å². The highest BCUT2D eigenvalue weighted by molar-refractivity contribution is 5.94. The fourth-order valence-electron chi connectivity index (χ4n) is 2.01. The summed E-state index contributed by atoms with van der Waals surface area (Å²) < 4.78 is 0. The van der Waals surface area contributed by atoms with E-state index >= 15 is 0 Å². The first-order chi connectivity index (χ1) is 9.16. The number of hydrogen-bond donors (Lipinski definition) is 2. The molecule has 104 valence electrons. The van der Waals surface area contributed by atoms with E-state index in [1.165, 1.54) is 18.4 Å². The number of carbonyl (C=O) groups is 1. The van der Waals surface area contributed by atoms with Crippen LogP contribution in [0.1, 0.15) is 54.9 Å². The second-order valence-electron chi connectivity index (χ2n) is 5.61. The van der Waals surface area contributed by atoms with Crippen LogP contribution in [0.5, 0.6) is 0 Å². The molecule has 1 fully saturated rings. The van der Waals surface area contributed by atoms with Gasteiger partial charge in [0.15, 0.2) is 0 Å². The average molecular weight is 260 g/mol. The summed E-state index contributed by atoms with van der Waals surface area (Å²) in [6, 6.07) is 8.64. The first-order valence-corrected chi connectivity index (χ1v) is 7.28. The molecule has 1 aliphatic carbocycles. The lowest BCUT2D eigenvalue weighted by molar-refractivity contribution is 0.0953. The maximum Gasteiger partial charge on any atom is 0.251 e. The molecule has 0 saturated heterocycles. The highest BCUT2D eigenvalue weighted by atomic mass is 16.1. The lowest BCUT2D eigenvalue weighted by Gasteiger charge is -2.08. The molecule has 1 saturated carbocycles. The SMILES string of the molecule is CC(C)c1ccc(C(=O)NCCCNC2CC2)cc1. The van der Waals surface area contributed by atoms with Gasteiger partial charge < -0.3 is 10.6 Å². The summed E-state index contributed by atoms with van der Waals surface area (Å²) >= 11 is 0. The Morgan fingerprint density at radius 3 is 2.47 bits per heavy atom. The van der Waals surface area contributed by atoms with E-state index in [4.69, 9.17) is 0 Å². The Kier molecular flexibility index (Phi) is 4.97. The van der Waals surface area contributed by atoms with Gasteiger partial charge in [0.05, 0.1) is 0 Å². The summed E-state index contributed by atoms with van der Waals surface area (Å²) in [6.45, 7) is 6.05. The average Bonchev–Trinajstić information content (AvgIpc) is 3.22. The highest BCUT2D eigenvalue weighted by Gasteiger charge is 2.19. The van der Waals surface area contributed by atoms with Crippen LogP contribution in [0.3, 0.4) is 0 Å². The maximum absolute atomic E-state index is 11.9. The van der Waals surface area contributed by atoms with Crippen molar-refractivity contribution in [2.75, 3.05) is 13.1 Å². The second kappa shape index (κ2) is 6.71. The van der Waals surface area contributed by atoms with Gasteiger partial charge >= 0.3 is 0 Å². The number of amides is 1. The quantitative estimate of drug-likeness (QED) is 0.740. The van der Waals surface area contributed by atoms with Crippen LogP contribution in [0.4, 0.5) is 0 Å². The Balaban J connectivity index is 1.69. The summed E-state index contributed by atoms with van der Waals surface area (Å²) in [5, 5.41) is 6.40. The molecule has 0 bridgehead atoms.